The summed E-state index contributed by atoms with van der Waals surface area (Å²) in [6.07, 6.45) is 3.96. The van der Waals surface area contributed by atoms with Gasteiger partial charge < -0.3 is 29.7 Å². The number of aromatic nitrogens is 2. The van der Waals surface area contributed by atoms with Gasteiger partial charge in [0.2, 0.25) is 0 Å². The van der Waals surface area contributed by atoms with Crippen molar-refractivity contribution in [3.05, 3.63) is 41.2 Å². The van der Waals surface area contributed by atoms with Crippen LogP contribution in [0.1, 0.15) is 50.4 Å². The molecule has 11 nitrogen and oxygen atoms in total. The summed E-state index contributed by atoms with van der Waals surface area (Å²) in [4.78, 5) is 41.8. The normalized spacial score (nSPS) is 19.6. The standard InChI is InChI=1S/C28H36N8O3/c1-28(2,3)39-27(38)35-11-9-19-14-21(8-7-20(19)17-35)31-25-23(15-29)30-16-24(32-25)34-10-5-6-22(18-34)36-13-12-33(4)26(36)37/h7-8,14,16,22H,5-6,9-13,17-18H2,1-4H3,(H,31,32)/t22-/m1/s1. The first-order chi connectivity index (χ1) is 18.6. The van der Waals surface area contributed by atoms with Crippen LogP contribution >= 0.6 is 0 Å². The number of ether oxygens (including phenoxy) is 1. The van der Waals surface area contributed by atoms with E-state index in [1.165, 1.54) is 0 Å². The monoisotopic (exact) mass is 532 g/mol. The highest BCUT2D eigenvalue weighted by molar-refractivity contribution is 5.76. The second-order valence-electron chi connectivity index (χ2n) is 11.4. The van der Waals surface area contributed by atoms with Crippen LogP contribution < -0.4 is 10.2 Å². The summed E-state index contributed by atoms with van der Waals surface area (Å²) < 4.78 is 5.53. The molecule has 1 aromatic carbocycles. The predicted molar refractivity (Wildman–Crippen MR) is 147 cm³/mol. The van der Waals surface area contributed by atoms with E-state index in [1.807, 2.05) is 50.9 Å². The molecule has 2 aromatic rings. The molecule has 0 bridgehead atoms. The van der Waals surface area contributed by atoms with Gasteiger partial charge in [0.05, 0.1) is 12.2 Å². The number of likely N-dealkylation sites (N-methyl/N-ethyl adjacent to an activating group) is 1. The molecule has 39 heavy (non-hydrogen) atoms. The van der Waals surface area contributed by atoms with Crippen molar-refractivity contribution in [1.82, 2.24) is 24.7 Å². The van der Waals surface area contributed by atoms with Gasteiger partial charge in [-0.1, -0.05) is 6.07 Å². The average molecular weight is 533 g/mol. The molecule has 1 atom stereocenters. The third kappa shape index (κ3) is 5.85. The lowest BCUT2D eigenvalue weighted by Crippen LogP contribution is -2.49. The summed E-state index contributed by atoms with van der Waals surface area (Å²) in [5, 5.41) is 13.0. The number of fused-ring (bicyclic) bond motifs is 1. The number of hydrogen-bond donors (Lipinski definition) is 1. The van der Waals surface area contributed by atoms with Gasteiger partial charge in [0, 0.05) is 52.0 Å². The van der Waals surface area contributed by atoms with Crippen molar-refractivity contribution < 1.29 is 14.3 Å². The smallest absolute Gasteiger partial charge is 0.410 e. The van der Waals surface area contributed by atoms with Crippen LogP contribution in [-0.4, -0.2) is 88.2 Å². The zero-order valence-corrected chi connectivity index (χ0v) is 23.1. The van der Waals surface area contributed by atoms with Crippen molar-refractivity contribution in [3.8, 4) is 6.07 Å². The van der Waals surface area contributed by atoms with Crippen LogP contribution in [0.5, 0.6) is 0 Å². The Morgan fingerprint density at radius 3 is 2.72 bits per heavy atom. The summed E-state index contributed by atoms with van der Waals surface area (Å²) in [5.74, 6) is 1.09. The summed E-state index contributed by atoms with van der Waals surface area (Å²) in [7, 11) is 1.84. The van der Waals surface area contributed by atoms with Gasteiger partial charge in [0.25, 0.3) is 0 Å². The van der Waals surface area contributed by atoms with Gasteiger partial charge in [-0.3, -0.25) is 0 Å². The molecule has 0 saturated carbocycles. The fraction of sp³-hybridized carbons (Fsp3) is 0.536. The molecule has 3 aliphatic rings. The van der Waals surface area contributed by atoms with Crippen LogP contribution in [0.15, 0.2) is 24.4 Å². The first-order valence-corrected chi connectivity index (χ1v) is 13.5. The van der Waals surface area contributed by atoms with Gasteiger partial charge in [0.1, 0.15) is 17.5 Å². The maximum Gasteiger partial charge on any atom is 0.410 e. The predicted octanol–water partition coefficient (Wildman–Crippen LogP) is 3.72. The summed E-state index contributed by atoms with van der Waals surface area (Å²) in [6.45, 7) is 9.67. The minimum Gasteiger partial charge on any atom is -0.444 e. The number of nitrogens with one attached hydrogen (secondary N) is 1. The lowest BCUT2D eigenvalue weighted by Gasteiger charge is -2.37. The Hall–Kier alpha value is -4.07. The first kappa shape index (κ1) is 26.5. The van der Waals surface area contributed by atoms with E-state index in [0.29, 0.717) is 37.7 Å². The zero-order chi connectivity index (χ0) is 27.7. The van der Waals surface area contributed by atoms with Crippen LogP contribution in [-0.2, 0) is 17.7 Å². The van der Waals surface area contributed by atoms with Gasteiger partial charge in [0.15, 0.2) is 11.5 Å². The van der Waals surface area contributed by atoms with Crippen LogP contribution in [0.3, 0.4) is 0 Å². The Morgan fingerprint density at radius 2 is 2.00 bits per heavy atom. The van der Waals surface area contributed by atoms with Crippen molar-refractivity contribution >= 4 is 29.4 Å². The Bertz CT molecular complexity index is 1300. The fourth-order valence-electron chi connectivity index (χ4n) is 5.38. The highest BCUT2D eigenvalue weighted by Gasteiger charge is 2.34. The average Bonchev–Trinajstić information content (AvgIpc) is 3.25. The van der Waals surface area contributed by atoms with Crippen molar-refractivity contribution in [2.45, 2.75) is 58.2 Å². The number of rotatable bonds is 4. The van der Waals surface area contributed by atoms with Crippen molar-refractivity contribution in [3.63, 3.8) is 0 Å². The number of piperidine rings is 1. The lowest BCUT2D eigenvalue weighted by molar-refractivity contribution is 0.0224. The molecule has 1 aromatic heterocycles. The maximum absolute atomic E-state index is 12.5. The van der Waals surface area contributed by atoms with Gasteiger partial charge in [-0.15, -0.1) is 0 Å². The lowest BCUT2D eigenvalue weighted by atomic mass is 9.99. The summed E-state index contributed by atoms with van der Waals surface area (Å²) >= 11 is 0. The minimum atomic E-state index is -0.531. The molecule has 5 rings (SSSR count). The Kier molecular flexibility index (Phi) is 7.21. The Morgan fingerprint density at radius 1 is 1.18 bits per heavy atom. The van der Waals surface area contributed by atoms with Gasteiger partial charge in [-0.05, 0) is 63.3 Å². The number of hydrogen-bond acceptors (Lipinski definition) is 8. The van der Waals surface area contributed by atoms with Gasteiger partial charge in [-0.2, -0.15) is 5.26 Å². The SMILES string of the molecule is CN1CCN([C@@H]2CCCN(c3cnc(C#N)c(Nc4ccc5c(c4)CCN(C(=O)OC(C)(C)C)C5)n3)C2)C1=O. The van der Waals surface area contributed by atoms with Crippen LogP contribution in [0, 0.1) is 11.3 Å². The maximum atomic E-state index is 12.5. The van der Waals surface area contributed by atoms with E-state index in [-0.39, 0.29) is 23.9 Å². The van der Waals surface area contributed by atoms with E-state index in [1.54, 1.807) is 16.0 Å². The largest absolute Gasteiger partial charge is 0.444 e. The molecular weight excluding hydrogens is 496 g/mol. The Labute approximate surface area is 229 Å². The number of nitrogens with zero attached hydrogens (tertiary/aromatic N) is 7. The molecule has 1 N–H and O–H groups in total. The van der Waals surface area contributed by atoms with Crippen molar-refractivity contribution in [1.29, 1.82) is 5.26 Å². The van der Waals surface area contributed by atoms with Crippen molar-refractivity contribution in [2.24, 2.45) is 0 Å². The Balaban J connectivity index is 1.29. The van der Waals surface area contributed by atoms with Crippen LogP contribution in [0.4, 0.5) is 26.9 Å². The third-order valence-electron chi connectivity index (χ3n) is 7.41. The van der Waals surface area contributed by atoms with E-state index in [9.17, 15) is 14.9 Å². The van der Waals surface area contributed by atoms with E-state index >= 15 is 0 Å². The topological polar surface area (TPSA) is 118 Å². The molecule has 2 saturated heterocycles. The third-order valence-corrected chi connectivity index (χ3v) is 7.41. The second-order valence-corrected chi connectivity index (χ2v) is 11.4. The van der Waals surface area contributed by atoms with Gasteiger partial charge >= 0.3 is 12.1 Å². The molecule has 0 unspecified atom stereocenters. The van der Waals surface area contributed by atoms with Crippen LogP contribution in [0.25, 0.3) is 0 Å². The summed E-state index contributed by atoms with van der Waals surface area (Å²) in [5.41, 5.74) is 2.71. The van der Waals surface area contributed by atoms with E-state index in [0.717, 1.165) is 49.3 Å². The summed E-state index contributed by atoms with van der Waals surface area (Å²) in [6, 6.07) is 8.32. The number of urea groups is 1. The molecule has 11 heteroatoms. The molecule has 4 heterocycles. The molecule has 0 aliphatic carbocycles. The molecule has 3 amide bonds. The molecule has 0 radical (unpaired) electrons. The number of carbonyl (C=O) groups excluding carboxylic acids is 2. The van der Waals surface area contributed by atoms with Crippen LogP contribution in [0.2, 0.25) is 0 Å². The number of benzene rings is 1. The highest BCUT2D eigenvalue weighted by Crippen LogP contribution is 2.28. The quantitative estimate of drug-likeness (QED) is 0.633. The second kappa shape index (κ2) is 10.6. The van der Waals surface area contributed by atoms with E-state index in [2.05, 4.69) is 21.3 Å². The fourth-order valence-corrected chi connectivity index (χ4v) is 5.38. The zero-order valence-electron chi connectivity index (χ0n) is 23.1. The highest BCUT2D eigenvalue weighted by atomic mass is 16.6. The molecular formula is C28H36N8O3. The molecule has 0 spiro atoms. The first-order valence-electron chi connectivity index (χ1n) is 13.5. The number of anilines is 3. The van der Waals surface area contributed by atoms with Crippen molar-refractivity contribution in [2.75, 3.05) is 50.0 Å². The number of nitriles is 1. The van der Waals surface area contributed by atoms with Gasteiger partial charge in [-0.25, -0.2) is 19.6 Å². The number of carbonyl (C=O) groups is 2. The van der Waals surface area contributed by atoms with E-state index in [4.69, 9.17) is 9.72 Å². The molecule has 2 fully saturated rings. The molecule has 3 aliphatic heterocycles. The minimum absolute atomic E-state index is 0.0803. The molecule has 206 valence electrons. The number of amides is 3. The van der Waals surface area contributed by atoms with E-state index < -0.39 is 5.60 Å².